The lowest BCUT2D eigenvalue weighted by molar-refractivity contribution is -0.142. The topological polar surface area (TPSA) is 136 Å². The van der Waals surface area contributed by atoms with Gasteiger partial charge in [0.2, 0.25) is 0 Å². The van der Waals surface area contributed by atoms with E-state index in [9.17, 15) is 4.79 Å². The van der Waals surface area contributed by atoms with E-state index in [0.717, 1.165) is 0 Å². The molecule has 1 rings (SSSR count). The Balaban J connectivity index is 3.08. The molecule has 1 N–H and O–H groups in total. The maximum absolute atomic E-state index is 10.3. The predicted molar refractivity (Wildman–Crippen MR) is 29.2 cm³/mol. The number of hydrogen-bond donors (Lipinski definition) is 1. The standard InChI is InChI=1S/C2HN7O2/c3-7-4-2(1(10)11)5-8-9-6-2/h(H,10,11). The average molecular weight is 155 g/mol. The van der Waals surface area contributed by atoms with Crippen LogP contribution >= 0.6 is 0 Å². The fourth-order valence-corrected chi connectivity index (χ4v) is 0.415. The largest absolute Gasteiger partial charge is 0.478 e. The molecule has 0 saturated carbocycles. The number of rotatable bonds is 2. The van der Waals surface area contributed by atoms with Crippen molar-refractivity contribution in [2.24, 2.45) is 25.8 Å². The van der Waals surface area contributed by atoms with Gasteiger partial charge in [-0.15, -0.1) is 10.2 Å². The Hall–Kier alpha value is -2.02. The zero-order valence-corrected chi connectivity index (χ0v) is 4.99. The van der Waals surface area contributed by atoms with Crippen LogP contribution < -0.4 is 0 Å². The zero-order chi connectivity index (χ0) is 8.32. The number of hydrogen-bond acceptors (Lipinski definition) is 6. The Morgan fingerprint density at radius 3 is 2.45 bits per heavy atom. The second kappa shape index (κ2) is 2.31. The van der Waals surface area contributed by atoms with Gasteiger partial charge in [0.05, 0.1) is 0 Å². The molecular weight excluding hydrogens is 154 g/mol. The normalized spacial score (nSPS) is 17.8. The maximum atomic E-state index is 10.3. The second-order valence-electron chi connectivity index (χ2n) is 1.51. The molecule has 0 amide bonds. The van der Waals surface area contributed by atoms with Gasteiger partial charge in [0.15, 0.2) is 0 Å². The monoisotopic (exact) mass is 155 g/mol. The molecule has 0 aromatic rings. The molecule has 0 radical (unpaired) electrons. The van der Waals surface area contributed by atoms with Crippen LogP contribution in [-0.4, -0.2) is 16.9 Å². The summed E-state index contributed by atoms with van der Waals surface area (Å²) in [6.07, 6.45) is 0. The summed E-state index contributed by atoms with van der Waals surface area (Å²) < 4.78 is 0. The molecule has 9 heteroatoms. The van der Waals surface area contributed by atoms with Gasteiger partial charge >= 0.3 is 11.8 Å². The molecule has 0 spiro atoms. The fourth-order valence-electron chi connectivity index (χ4n) is 0.415. The van der Waals surface area contributed by atoms with Gasteiger partial charge in [-0.3, -0.25) is 0 Å². The van der Waals surface area contributed by atoms with Gasteiger partial charge in [0.1, 0.15) is 0 Å². The van der Waals surface area contributed by atoms with Crippen molar-refractivity contribution in [3.8, 4) is 0 Å². The Labute approximate surface area is 59.1 Å². The quantitative estimate of drug-likeness (QED) is 0.359. The number of carboxylic acid groups (broad SMARTS) is 1. The number of nitrogens with zero attached hydrogens (tertiary/aromatic N) is 7. The number of carboxylic acids is 1. The first kappa shape index (κ1) is 7.09. The maximum Gasteiger partial charge on any atom is 0.367 e. The van der Waals surface area contributed by atoms with Crippen LogP contribution in [0.15, 0.2) is 25.8 Å². The van der Waals surface area contributed by atoms with E-state index in [4.69, 9.17) is 10.6 Å². The van der Waals surface area contributed by atoms with Crippen molar-refractivity contribution in [1.82, 2.24) is 0 Å². The summed E-state index contributed by atoms with van der Waals surface area (Å²) in [7, 11) is 0. The van der Waals surface area contributed by atoms with Gasteiger partial charge in [-0.25, -0.2) is 4.79 Å². The third kappa shape index (κ3) is 0.990. The van der Waals surface area contributed by atoms with E-state index < -0.39 is 11.8 Å². The van der Waals surface area contributed by atoms with Gasteiger partial charge in [-0.2, -0.15) is 0 Å². The molecule has 1 aliphatic rings. The number of azide groups is 1. The van der Waals surface area contributed by atoms with Crippen molar-refractivity contribution in [3.05, 3.63) is 10.4 Å². The molecule has 0 aromatic carbocycles. The van der Waals surface area contributed by atoms with Gasteiger partial charge in [-0.1, -0.05) is 0 Å². The van der Waals surface area contributed by atoms with Crippen LogP contribution in [0.4, 0.5) is 0 Å². The summed E-state index contributed by atoms with van der Waals surface area (Å²) in [6.45, 7) is 0. The molecule has 0 bridgehead atoms. The lowest BCUT2D eigenvalue weighted by Crippen LogP contribution is -2.29. The van der Waals surface area contributed by atoms with E-state index >= 15 is 0 Å². The van der Waals surface area contributed by atoms with Crippen molar-refractivity contribution in [2.75, 3.05) is 0 Å². The molecule has 9 nitrogen and oxygen atoms in total. The molecule has 0 atom stereocenters. The molecule has 1 heterocycles. The summed E-state index contributed by atoms with van der Waals surface area (Å²) in [6, 6.07) is 0. The highest BCUT2D eigenvalue weighted by atomic mass is 16.4. The third-order valence-electron chi connectivity index (χ3n) is 0.879. The Kier molecular flexibility index (Phi) is 1.49. The van der Waals surface area contributed by atoms with Crippen LogP contribution in [0.3, 0.4) is 0 Å². The van der Waals surface area contributed by atoms with Gasteiger partial charge in [0, 0.05) is 4.91 Å². The van der Waals surface area contributed by atoms with E-state index in [1.54, 1.807) is 0 Å². The fraction of sp³-hybridized carbons (Fsp3) is 0.500. The molecule has 1 aliphatic heterocycles. The molecule has 0 aromatic heterocycles. The molecule has 56 valence electrons. The second-order valence-corrected chi connectivity index (χ2v) is 1.51. The molecule has 11 heavy (non-hydrogen) atoms. The van der Waals surface area contributed by atoms with E-state index in [1.165, 1.54) is 0 Å². The van der Waals surface area contributed by atoms with Crippen LogP contribution in [0.2, 0.25) is 0 Å². The van der Waals surface area contributed by atoms with Crippen molar-refractivity contribution in [1.29, 1.82) is 0 Å². The van der Waals surface area contributed by atoms with Crippen molar-refractivity contribution >= 4 is 5.97 Å². The lowest BCUT2D eigenvalue weighted by Gasteiger charge is -2.03. The average Bonchev–Trinajstić information content (AvgIpc) is 2.38. The van der Waals surface area contributed by atoms with E-state index in [1.807, 2.05) is 0 Å². The number of carbonyl (C=O) groups is 1. The molecule has 0 saturated heterocycles. The van der Waals surface area contributed by atoms with Gasteiger partial charge in [0.25, 0.3) is 0 Å². The molecule has 0 aliphatic carbocycles. The SMILES string of the molecule is [N-]=[N+]=NC1(C(=O)O)N=NN=N1. The summed E-state index contributed by atoms with van der Waals surface area (Å²) in [4.78, 5) is 12.6. The summed E-state index contributed by atoms with van der Waals surface area (Å²) in [5, 5.41) is 23.1. The van der Waals surface area contributed by atoms with Crippen molar-refractivity contribution < 1.29 is 9.90 Å². The van der Waals surface area contributed by atoms with Crippen LogP contribution in [0.1, 0.15) is 0 Å². The first-order valence-electron chi connectivity index (χ1n) is 2.35. The first-order valence-corrected chi connectivity index (χ1v) is 2.35. The zero-order valence-electron chi connectivity index (χ0n) is 4.99. The predicted octanol–water partition coefficient (Wildman–Crippen LogP) is 0.868. The minimum Gasteiger partial charge on any atom is -0.478 e. The van der Waals surface area contributed by atoms with E-state index in [-0.39, 0.29) is 0 Å². The number of aliphatic carboxylic acids is 1. The summed E-state index contributed by atoms with van der Waals surface area (Å²) >= 11 is 0. The third-order valence-corrected chi connectivity index (χ3v) is 0.879. The highest BCUT2D eigenvalue weighted by molar-refractivity contribution is 5.78. The summed E-state index contributed by atoms with van der Waals surface area (Å²) in [5.74, 6) is -3.73. The minimum absolute atomic E-state index is 1.51. The van der Waals surface area contributed by atoms with Gasteiger partial charge in [-0.05, 0) is 21.1 Å². The van der Waals surface area contributed by atoms with Crippen LogP contribution in [0.5, 0.6) is 0 Å². The van der Waals surface area contributed by atoms with E-state index in [0.29, 0.717) is 0 Å². The Morgan fingerprint density at radius 2 is 2.09 bits per heavy atom. The lowest BCUT2D eigenvalue weighted by atomic mass is 10.4. The molecule has 0 fully saturated rings. The van der Waals surface area contributed by atoms with Crippen molar-refractivity contribution in [3.63, 3.8) is 0 Å². The van der Waals surface area contributed by atoms with Gasteiger partial charge < -0.3 is 5.11 Å². The van der Waals surface area contributed by atoms with Crippen LogP contribution in [-0.2, 0) is 4.79 Å². The Morgan fingerprint density at radius 1 is 1.55 bits per heavy atom. The highest BCUT2D eigenvalue weighted by Crippen LogP contribution is 2.21. The minimum atomic E-state index is -2.21. The summed E-state index contributed by atoms with van der Waals surface area (Å²) in [5.41, 5.74) is 7.93. The van der Waals surface area contributed by atoms with Crippen molar-refractivity contribution in [2.45, 2.75) is 5.79 Å². The molecule has 0 unspecified atom stereocenters. The van der Waals surface area contributed by atoms with Crippen LogP contribution in [0.25, 0.3) is 10.4 Å². The van der Waals surface area contributed by atoms with E-state index in [2.05, 4.69) is 30.7 Å². The smallest absolute Gasteiger partial charge is 0.367 e. The Bertz CT molecular complexity index is 269. The first-order chi connectivity index (χ1) is 5.21. The highest BCUT2D eigenvalue weighted by Gasteiger charge is 2.41. The van der Waals surface area contributed by atoms with Crippen LogP contribution in [0, 0.1) is 0 Å². The molecular formula is C2HN7O2.